The van der Waals surface area contributed by atoms with E-state index in [1.165, 1.54) is 17.7 Å². The van der Waals surface area contributed by atoms with E-state index in [-0.39, 0.29) is 22.2 Å². The molecule has 3 rings (SSSR count). The van der Waals surface area contributed by atoms with Crippen molar-refractivity contribution < 1.29 is 13.6 Å². The second kappa shape index (κ2) is 7.55. The Morgan fingerprint density at radius 3 is 2.64 bits per heavy atom. The molecule has 0 aliphatic heterocycles. The lowest BCUT2D eigenvalue weighted by Gasteiger charge is -2.23. The number of benzene rings is 2. The number of carbonyl (C=O) groups excluding carboxylic acids is 1. The minimum absolute atomic E-state index is 0.0863. The highest BCUT2D eigenvalue weighted by Crippen LogP contribution is 2.35. The third-order valence-corrected chi connectivity index (χ3v) is 5.07. The maximum atomic E-state index is 13.8. The molecule has 1 aromatic heterocycles. The lowest BCUT2D eigenvalue weighted by atomic mass is 10.0. The molecule has 1 atom stereocenters. The number of hydrogen-bond acceptors (Lipinski definition) is 3. The van der Waals surface area contributed by atoms with Gasteiger partial charge in [0, 0.05) is 17.6 Å². The van der Waals surface area contributed by atoms with Crippen LogP contribution in [0.15, 0.2) is 30.5 Å². The number of nitrogens with one attached hydrogen (secondary N) is 1. The normalized spacial score (nSPS) is 13.2. The highest BCUT2D eigenvalue weighted by Gasteiger charge is 2.29. The summed E-state index contributed by atoms with van der Waals surface area (Å²) in [7, 11) is 0. The van der Waals surface area contributed by atoms with Gasteiger partial charge in [0.05, 0.1) is 33.2 Å². The quantitative estimate of drug-likeness (QED) is 0.578. The number of nitrogens with zero attached hydrogens (tertiary/aromatic N) is 3. The first-order valence-corrected chi connectivity index (χ1v) is 8.96. The second-order valence-corrected chi connectivity index (χ2v) is 7.46. The minimum atomic E-state index is -1.46. The molecular weight excluding hydrogens is 433 g/mol. The van der Waals surface area contributed by atoms with Gasteiger partial charge in [0.1, 0.15) is 22.7 Å². The topological polar surface area (TPSA) is 70.7 Å². The van der Waals surface area contributed by atoms with Gasteiger partial charge in [-0.2, -0.15) is 10.4 Å². The van der Waals surface area contributed by atoms with Gasteiger partial charge in [0.2, 0.25) is 0 Å². The number of hydrogen-bond donors (Lipinski definition) is 1. The Morgan fingerprint density at radius 1 is 1.29 bits per heavy atom. The molecule has 1 heterocycles. The van der Waals surface area contributed by atoms with Crippen molar-refractivity contribution in [3.63, 3.8) is 0 Å². The number of aromatic nitrogens is 2. The summed E-state index contributed by atoms with van der Waals surface area (Å²) in [6.45, 7) is 1.35. The van der Waals surface area contributed by atoms with E-state index in [0.717, 1.165) is 12.1 Å². The zero-order chi connectivity index (χ0) is 20.6. The van der Waals surface area contributed by atoms with Crippen LogP contribution in [0.2, 0.25) is 15.1 Å². The van der Waals surface area contributed by atoms with Crippen molar-refractivity contribution in [1.29, 1.82) is 5.26 Å². The van der Waals surface area contributed by atoms with E-state index in [2.05, 4.69) is 10.4 Å². The van der Waals surface area contributed by atoms with E-state index in [4.69, 9.17) is 34.8 Å². The van der Waals surface area contributed by atoms with E-state index in [1.807, 2.05) is 6.07 Å². The molecule has 0 saturated heterocycles. The zero-order valence-electron chi connectivity index (χ0n) is 14.2. The molecule has 2 aromatic carbocycles. The molecular formula is C18H11Cl3F2N4O. The average Bonchev–Trinajstić information content (AvgIpc) is 3.03. The lowest BCUT2D eigenvalue weighted by Crippen LogP contribution is -2.48. The van der Waals surface area contributed by atoms with Gasteiger partial charge in [-0.15, -0.1) is 0 Å². The standard InChI is InChI=1S/C18H11Cl3F2N4O/c1-18(7-24,25-17(28)10-3-2-9(22)4-14(10)23)8-27-6-11-12(19)5-13(20)15(21)16(11)26-27/h2-6H,8H2,1H3,(H,25,28). The van der Waals surface area contributed by atoms with Crippen molar-refractivity contribution in [1.82, 2.24) is 15.1 Å². The summed E-state index contributed by atoms with van der Waals surface area (Å²) in [5.74, 6) is -2.71. The van der Waals surface area contributed by atoms with Gasteiger partial charge < -0.3 is 5.32 Å². The van der Waals surface area contributed by atoms with Gasteiger partial charge in [-0.05, 0) is 25.1 Å². The van der Waals surface area contributed by atoms with E-state index in [9.17, 15) is 18.8 Å². The molecule has 1 N–H and O–H groups in total. The molecule has 1 unspecified atom stereocenters. The van der Waals surface area contributed by atoms with Crippen LogP contribution in [0.25, 0.3) is 10.9 Å². The highest BCUT2D eigenvalue weighted by molar-refractivity contribution is 6.47. The third kappa shape index (κ3) is 3.90. The number of rotatable bonds is 4. The second-order valence-electron chi connectivity index (χ2n) is 6.27. The Balaban J connectivity index is 1.90. The Hall–Kier alpha value is -2.40. The monoisotopic (exact) mass is 442 g/mol. The summed E-state index contributed by atoms with van der Waals surface area (Å²) < 4.78 is 28.2. The first kappa shape index (κ1) is 20.3. The Bertz CT molecular complexity index is 1140. The number of fused-ring (bicyclic) bond motifs is 1. The maximum Gasteiger partial charge on any atom is 0.255 e. The van der Waals surface area contributed by atoms with Gasteiger partial charge in [0.15, 0.2) is 0 Å². The molecule has 28 heavy (non-hydrogen) atoms. The van der Waals surface area contributed by atoms with Crippen molar-refractivity contribution >= 4 is 51.6 Å². The number of halogens is 5. The molecule has 0 bridgehead atoms. The lowest BCUT2D eigenvalue weighted by molar-refractivity contribution is 0.0913. The molecule has 0 radical (unpaired) electrons. The van der Waals surface area contributed by atoms with E-state index < -0.39 is 23.1 Å². The molecule has 10 heteroatoms. The van der Waals surface area contributed by atoms with Crippen LogP contribution >= 0.6 is 34.8 Å². The average molecular weight is 444 g/mol. The van der Waals surface area contributed by atoms with Crippen LogP contribution in [0.3, 0.4) is 0 Å². The van der Waals surface area contributed by atoms with Crippen LogP contribution in [-0.4, -0.2) is 21.2 Å². The van der Waals surface area contributed by atoms with Crippen LogP contribution < -0.4 is 5.32 Å². The smallest absolute Gasteiger partial charge is 0.255 e. The largest absolute Gasteiger partial charge is 0.332 e. The fourth-order valence-corrected chi connectivity index (χ4v) is 3.32. The SMILES string of the molecule is CC(C#N)(Cn1cc2c(Cl)cc(Cl)c(Cl)c2n1)NC(=O)c1ccc(F)cc1F. The van der Waals surface area contributed by atoms with Crippen LogP contribution in [0.1, 0.15) is 17.3 Å². The summed E-state index contributed by atoms with van der Waals surface area (Å²) in [5, 5.41) is 17.5. The minimum Gasteiger partial charge on any atom is -0.332 e. The van der Waals surface area contributed by atoms with Crippen molar-refractivity contribution in [3.05, 3.63) is 62.7 Å². The molecule has 0 saturated carbocycles. The van der Waals surface area contributed by atoms with Crippen molar-refractivity contribution in [2.45, 2.75) is 19.0 Å². The molecule has 0 spiro atoms. The van der Waals surface area contributed by atoms with Crippen molar-refractivity contribution in [2.24, 2.45) is 0 Å². The summed E-state index contributed by atoms with van der Waals surface area (Å²) in [5.41, 5.74) is -1.50. The predicted octanol–water partition coefficient (Wildman–Crippen LogP) is 4.99. The van der Waals surface area contributed by atoms with Crippen LogP contribution in [0.4, 0.5) is 8.78 Å². The van der Waals surface area contributed by atoms with Gasteiger partial charge >= 0.3 is 0 Å². The van der Waals surface area contributed by atoms with Gasteiger partial charge in [-0.1, -0.05) is 34.8 Å². The Kier molecular flexibility index (Phi) is 5.48. The first-order valence-electron chi connectivity index (χ1n) is 7.83. The summed E-state index contributed by atoms with van der Waals surface area (Å²) in [6, 6.07) is 5.98. The van der Waals surface area contributed by atoms with E-state index in [0.29, 0.717) is 22.0 Å². The molecule has 0 aliphatic carbocycles. The van der Waals surface area contributed by atoms with Crippen molar-refractivity contribution in [2.75, 3.05) is 0 Å². The molecule has 1 amide bonds. The van der Waals surface area contributed by atoms with Crippen LogP contribution in [0.5, 0.6) is 0 Å². The molecule has 5 nitrogen and oxygen atoms in total. The summed E-state index contributed by atoms with van der Waals surface area (Å²) >= 11 is 18.3. The summed E-state index contributed by atoms with van der Waals surface area (Å²) in [4.78, 5) is 12.4. The van der Waals surface area contributed by atoms with E-state index >= 15 is 0 Å². The summed E-state index contributed by atoms with van der Waals surface area (Å²) in [6.07, 6.45) is 1.56. The van der Waals surface area contributed by atoms with Crippen LogP contribution in [0, 0.1) is 23.0 Å². The maximum absolute atomic E-state index is 13.8. The van der Waals surface area contributed by atoms with Gasteiger partial charge in [0.25, 0.3) is 5.91 Å². The predicted molar refractivity (Wildman–Crippen MR) is 103 cm³/mol. The number of nitriles is 1. The molecule has 3 aromatic rings. The third-order valence-electron chi connectivity index (χ3n) is 3.98. The molecule has 0 fully saturated rings. The molecule has 144 valence electrons. The number of amides is 1. The zero-order valence-corrected chi connectivity index (χ0v) is 16.5. The Morgan fingerprint density at radius 2 is 2.00 bits per heavy atom. The number of carbonyl (C=O) groups is 1. The molecule has 0 aliphatic rings. The highest BCUT2D eigenvalue weighted by atomic mass is 35.5. The van der Waals surface area contributed by atoms with Crippen LogP contribution in [-0.2, 0) is 6.54 Å². The first-order chi connectivity index (χ1) is 13.1. The Labute approximate surface area is 173 Å². The van der Waals surface area contributed by atoms with Gasteiger partial charge in [-0.25, -0.2) is 8.78 Å². The van der Waals surface area contributed by atoms with Crippen molar-refractivity contribution in [3.8, 4) is 6.07 Å². The van der Waals surface area contributed by atoms with Gasteiger partial charge in [-0.3, -0.25) is 9.48 Å². The van der Waals surface area contributed by atoms with E-state index in [1.54, 1.807) is 6.20 Å². The fourth-order valence-electron chi connectivity index (χ4n) is 2.62. The fraction of sp³-hybridized carbons (Fsp3) is 0.167.